The third-order valence-electron chi connectivity index (χ3n) is 2.16. The first kappa shape index (κ1) is 11.0. The number of azide groups is 1. The van der Waals surface area contributed by atoms with Crippen LogP contribution in [0.1, 0.15) is 0 Å². The van der Waals surface area contributed by atoms with E-state index in [1.807, 2.05) is 0 Å². The molecule has 1 rings (SSSR count). The van der Waals surface area contributed by atoms with Gasteiger partial charge in [-0.1, -0.05) is 11.2 Å². The van der Waals surface area contributed by atoms with Crippen molar-refractivity contribution < 1.29 is 20.4 Å². The fraction of sp³-hybridized carbons (Fsp3) is 0.714. The van der Waals surface area contributed by atoms with Crippen molar-refractivity contribution in [1.29, 1.82) is 0 Å². The van der Waals surface area contributed by atoms with Crippen LogP contribution in [0.4, 0.5) is 0 Å². The molecular formula is C7H11N3O4. The van der Waals surface area contributed by atoms with E-state index >= 15 is 0 Å². The SMILES string of the molecule is [N-]=[N+]=N[C@H]1C=C(CO)[C@@H](O)C(O)C1O. The second kappa shape index (κ2) is 4.41. The maximum atomic E-state index is 9.35. The molecule has 0 aromatic rings. The van der Waals surface area contributed by atoms with Crippen molar-refractivity contribution in [3.63, 3.8) is 0 Å². The van der Waals surface area contributed by atoms with Crippen molar-refractivity contribution in [1.82, 2.24) is 0 Å². The lowest BCUT2D eigenvalue weighted by Crippen LogP contribution is -2.48. The summed E-state index contributed by atoms with van der Waals surface area (Å²) in [5, 5.41) is 40.0. The quantitative estimate of drug-likeness (QED) is 0.191. The van der Waals surface area contributed by atoms with Gasteiger partial charge in [0.1, 0.15) is 12.2 Å². The van der Waals surface area contributed by atoms with Gasteiger partial charge < -0.3 is 20.4 Å². The molecule has 78 valence electrons. The summed E-state index contributed by atoms with van der Waals surface area (Å²) < 4.78 is 0. The topological polar surface area (TPSA) is 130 Å². The molecule has 0 amide bonds. The molecule has 0 saturated carbocycles. The van der Waals surface area contributed by atoms with Gasteiger partial charge in [-0.05, 0) is 11.1 Å². The number of aliphatic hydroxyl groups excluding tert-OH is 4. The van der Waals surface area contributed by atoms with Crippen molar-refractivity contribution in [2.45, 2.75) is 24.4 Å². The van der Waals surface area contributed by atoms with E-state index in [1.54, 1.807) is 0 Å². The predicted octanol–water partition coefficient (Wildman–Crippen LogP) is -1.32. The first-order valence-electron chi connectivity index (χ1n) is 4.01. The van der Waals surface area contributed by atoms with Gasteiger partial charge >= 0.3 is 0 Å². The Balaban J connectivity index is 2.98. The fourth-order valence-corrected chi connectivity index (χ4v) is 1.33. The number of aliphatic hydroxyl groups is 4. The first-order valence-corrected chi connectivity index (χ1v) is 4.01. The Hall–Kier alpha value is -1.11. The summed E-state index contributed by atoms with van der Waals surface area (Å²) in [6, 6.07) is -0.958. The highest BCUT2D eigenvalue weighted by Crippen LogP contribution is 2.21. The van der Waals surface area contributed by atoms with Crippen LogP contribution in [-0.2, 0) is 0 Å². The zero-order chi connectivity index (χ0) is 10.7. The first-order chi connectivity index (χ1) is 6.61. The van der Waals surface area contributed by atoms with Gasteiger partial charge in [-0.15, -0.1) is 0 Å². The molecule has 0 spiro atoms. The van der Waals surface area contributed by atoms with Crippen LogP contribution in [0.25, 0.3) is 10.4 Å². The average molecular weight is 201 g/mol. The van der Waals surface area contributed by atoms with Crippen molar-refractivity contribution >= 4 is 0 Å². The van der Waals surface area contributed by atoms with Gasteiger partial charge in [0.15, 0.2) is 0 Å². The Morgan fingerprint density at radius 1 is 1.36 bits per heavy atom. The summed E-state index contributed by atoms with van der Waals surface area (Å²) in [5.74, 6) is 0. The average Bonchev–Trinajstić information content (AvgIpc) is 2.19. The second-order valence-corrected chi connectivity index (χ2v) is 3.02. The summed E-state index contributed by atoms with van der Waals surface area (Å²) in [6.45, 7) is -0.456. The zero-order valence-electron chi connectivity index (χ0n) is 7.22. The lowest BCUT2D eigenvalue weighted by atomic mass is 9.89. The molecule has 0 saturated heterocycles. The molecule has 14 heavy (non-hydrogen) atoms. The van der Waals surface area contributed by atoms with Crippen LogP contribution in [0.5, 0.6) is 0 Å². The molecular weight excluding hydrogens is 190 g/mol. The minimum Gasteiger partial charge on any atom is -0.392 e. The predicted molar refractivity (Wildman–Crippen MR) is 46.1 cm³/mol. The number of hydrogen-bond acceptors (Lipinski definition) is 5. The highest BCUT2D eigenvalue weighted by Gasteiger charge is 2.36. The second-order valence-electron chi connectivity index (χ2n) is 3.02. The molecule has 1 aliphatic carbocycles. The van der Waals surface area contributed by atoms with Crippen molar-refractivity contribution in [3.05, 3.63) is 22.1 Å². The van der Waals surface area contributed by atoms with E-state index in [2.05, 4.69) is 10.0 Å². The molecule has 0 aromatic heterocycles. The van der Waals surface area contributed by atoms with E-state index in [1.165, 1.54) is 6.08 Å². The minimum atomic E-state index is -1.45. The zero-order valence-corrected chi connectivity index (χ0v) is 7.22. The van der Waals surface area contributed by atoms with Crippen LogP contribution in [0.15, 0.2) is 16.8 Å². The number of nitrogens with zero attached hydrogens (tertiary/aromatic N) is 3. The highest BCUT2D eigenvalue weighted by molar-refractivity contribution is 5.21. The summed E-state index contributed by atoms with van der Waals surface area (Å²) in [5.41, 5.74) is 8.30. The molecule has 0 bridgehead atoms. The lowest BCUT2D eigenvalue weighted by Gasteiger charge is -2.31. The van der Waals surface area contributed by atoms with Gasteiger partial charge in [-0.2, -0.15) is 0 Å². The van der Waals surface area contributed by atoms with E-state index < -0.39 is 31.0 Å². The van der Waals surface area contributed by atoms with Gasteiger partial charge in [-0.3, -0.25) is 0 Å². The highest BCUT2D eigenvalue weighted by atomic mass is 16.4. The molecule has 0 aromatic carbocycles. The Bertz CT molecular complexity index is 287. The molecule has 2 unspecified atom stereocenters. The van der Waals surface area contributed by atoms with Gasteiger partial charge in [0.25, 0.3) is 0 Å². The Kier molecular flexibility index (Phi) is 3.45. The summed E-state index contributed by atoms with van der Waals surface area (Å²) in [4.78, 5) is 2.48. The Morgan fingerprint density at radius 3 is 2.50 bits per heavy atom. The van der Waals surface area contributed by atoms with Crippen molar-refractivity contribution in [2.75, 3.05) is 6.61 Å². The molecule has 4 N–H and O–H groups in total. The summed E-state index contributed by atoms with van der Waals surface area (Å²) in [7, 11) is 0. The molecule has 0 heterocycles. The van der Waals surface area contributed by atoms with Crippen LogP contribution in [0.2, 0.25) is 0 Å². The summed E-state index contributed by atoms with van der Waals surface area (Å²) >= 11 is 0. The number of rotatable bonds is 2. The molecule has 7 heteroatoms. The van der Waals surface area contributed by atoms with Crippen LogP contribution < -0.4 is 0 Å². The molecule has 0 fully saturated rings. The maximum absolute atomic E-state index is 9.35. The van der Waals surface area contributed by atoms with Gasteiger partial charge in [-0.25, -0.2) is 0 Å². The maximum Gasteiger partial charge on any atom is 0.110 e. The molecule has 7 nitrogen and oxygen atoms in total. The van der Waals surface area contributed by atoms with Gasteiger partial charge in [0.05, 0.1) is 18.8 Å². The normalized spacial score (nSPS) is 37.3. The number of hydrogen-bond donors (Lipinski definition) is 4. The van der Waals surface area contributed by atoms with Crippen LogP contribution in [0.3, 0.4) is 0 Å². The lowest BCUT2D eigenvalue weighted by molar-refractivity contribution is -0.0595. The fourth-order valence-electron chi connectivity index (χ4n) is 1.33. The van der Waals surface area contributed by atoms with E-state index in [-0.39, 0.29) is 5.57 Å². The van der Waals surface area contributed by atoms with Gasteiger partial charge in [0.2, 0.25) is 0 Å². The van der Waals surface area contributed by atoms with Crippen molar-refractivity contribution in [3.8, 4) is 0 Å². The summed E-state index contributed by atoms with van der Waals surface area (Å²) in [6.07, 6.45) is -2.86. The van der Waals surface area contributed by atoms with Crippen LogP contribution in [-0.4, -0.2) is 51.4 Å². The van der Waals surface area contributed by atoms with Crippen LogP contribution in [0, 0.1) is 0 Å². The monoisotopic (exact) mass is 201 g/mol. The van der Waals surface area contributed by atoms with E-state index in [0.717, 1.165) is 0 Å². The van der Waals surface area contributed by atoms with E-state index in [0.29, 0.717) is 0 Å². The molecule has 4 atom stereocenters. The van der Waals surface area contributed by atoms with Crippen LogP contribution >= 0.6 is 0 Å². The third kappa shape index (κ3) is 1.87. The standard InChI is InChI=1S/C7H11N3O4/c8-10-9-4-1-3(2-11)5(12)7(14)6(4)13/h1,4-7,11-14H,2H2/t4-,5+,6?,7?/m0/s1. The smallest absolute Gasteiger partial charge is 0.110 e. The molecule has 0 radical (unpaired) electrons. The van der Waals surface area contributed by atoms with Crippen molar-refractivity contribution in [2.24, 2.45) is 5.11 Å². The van der Waals surface area contributed by atoms with Gasteiger partial charge in [0, 0.05) is 4.91 Å². The Labute approximate surface area is 79.5 Å². The molecule has 0 aliphatic heterocycles. The largest absolute Gasteiger partial charge is 0.392 e. The molecule has 1 aliphatic rings. The Morgan fingerprint density at radius 2 is 2.00 bits per heavy atom. The van der Waals surface area contributed by atoms with E-state index in [4.69, 9.17) is 10.6 Å². The third-order valence-corrected chi connectivity index (χ3v) is 2.16. The van der Waals surface area contributed by atoms with E-state index in [9.17, 15) is 15.3 Å². The minimum absolute atomic E-state index is 0.139.